The summed E-state index contributed by atoms with van der Waals surface area (Å²) >= 11 is 0. The van der Waals surface area contributed by atoms with E-state index in [0.717, 1.165) is 38.0 Å². The molecule has 1 aliphatic heterocycles. The first-order chi connectivity index (χ1) is 7.84. The maximum Gasteiger partial charge on any atom is 0.223 e. The Morgan fingerprint density at radius 1 is 1.25 bits per heavy atom. The van der Waals surface area contributed by atoms with Gasteiger partial charge in [-0.1, -0.05) is 6.42 Å². The van der Waals surface area contributed by atoms with E-state index in [1.807, 2.05) is 11.7 Å². The first-order valence-electron chi connectivity index (χ1n) is 6.21. The molecule has 1 saturated carbocycles. The maximum absolute atomic E-state index is 4.71. The summed E-state index contributed by atoms with van der Waals surface area (Å²) in [6.07, 6.45) is 3.88. The third-order valence-electron chi connectivity index (χ3n) is 3.63. The Morgan fingerprint density at radius 3 is 2.62 bits per heavy atom. The van der Waals surface area contributed by atoms with E-state index >= 15 is 0 Å². The third-order valence-corrected chi connectivity index (χ3v) is 3.63. The van der Waals surface area contributed by atoms with Crippen molar-refractivity contribution >= 4 is 5.95 Å². The van der Waals surface area contributed by atoms with Gasteiger partial charge >= 0.3 is 0 Å². The largest absolute Gasteiger partial charge is 0.338 e. The lowest BCUT2D eigenvalue weighted by molar-refractivity contribution is 0.400. The molecule has 0 radical (unpaired) electrons. The van der Waals surface area contributed by atoms with Crippen molar-refractivity contribution in [3.63, 3.8) is 0 Å². The topological polar surface area (TPSA) is 46.0 Å². The van der Waals surface area contributed by atoms with Gasteiger partial charge in [-0.2, -0.15) is 10.1 Å². The van der Waals surface area contributed by atoms with Crippen LogP contribution >= 0.6 is 0 Å². The van der Waals surface area contributed by atoms with E-state index in [2.05, 4.69) is 15.3 Å². The number of rotatable bonds is 2. The first kappa shape index (κ1) is 10.1. The lowest BCUT2D eigenvalue weighted by Crippen LogP contribution is -2.44. The van der Waals surface area contributed by atoms with Gasteiger partial charge in [0, 0.05) is 39.1 Å². The lowest BCUT2D eigenvalue weighted by Gasteiger charge is -2.27. The molecule has 3 rings (SSSR count). The average Bonchev–Trinajstić information content (AvgIpc) is 2.59. The SMILES string of the molecule is Cn1nc(C2CCC2)nc1N1CCNCC1. The Balaban J connectivity index is 1.79. The molecule has 0 spiro atoms. The summed E-state index contributed by atoms with van der Waals surface area (Å²) in [7, 11) is 2.01. The Bertz CT molecular complexity index is 362. The van der Waals surface area contributed by atoms with Crippen LogP contribution in [0.2, 0.25) is 0 Å². The number of hydrogen-bond acceptors (Lipinski definition) is 4. The highest BCUT2D eigenvalue weighted by Gasteiger charge is 2.26. The highest BCUT2D eigenvalue weighted by atomic mass is 15.4. The van der Waals surface area contributed by atoms with Gasteiger partial charge in [-0.15, -0.1) is 0 Å². The van der Waals surface area contributed by atoms with E-state index in [9.17, 15) is 0 Å². The number of nitrogens with zero attached hydrogens (tertiary/aromatic N) is 4. The van der Waals surface area contributed by atoms with Crippen LogP contribution in [0.3, 0.4) is 0 Å². The molecule has 1 aliphatic carbocycles. The quantitative estimate of drug-likeness (QED) is 0.789. The van der Waals surface area contributed by atoms with Gasteiger partial charge in [-0.25, -0.2) is 4.68 Å². The van der Waals surface area contributed by atoms with Crippen LogP contribution in [0.25, 0.3) is 0 Å². The highest BCUT2D eigenvalue weighted by Crippen LogP contribution is 2.35. The number of aromatic nitrogens is 3. The monoisotopic (exact) mass is 221 g/mol. The number of hydrogen-bond donors (Lipinski definition) is 1. The standard InChI is InChI=1S/C11H19N5/c1-15-11(16-7-5-12-6-8-16)13-10(14-15)9-3-2-4-9/h9,12H,2-8H2,1H3. The molecule has 0 unspecified atom stereocenters. The number of nitrogens with one attached hydrogen (secondary N) is 1. The van der Waals surface area contributed by atoms with E-state index in [1.165, 1.54) is 19.3 Å². The smallest absolute Gasteiger partial charge is 0.223 e. The van der Waals surface area contributed by atoms with Crippen LogP contribution in [-0.4, -0.2) is 40.9 Å². The van der Waals surface area contributed by atoms with Crippen LogP contribution in [0.5, 0.6) is 0 Å². The maximum atomic E-state index is 4.71. The summed E-state index contributed by atoms with van der Waals surface area (Å²) in [4.78, 5) is 7.03. The fourth-order valence-corrected chi connectivity index (χ4v) is 2.38. The zero-order chi connectivity index (χ0) is 11.0. The lowest BCUT2D eigenvalue weighted by atomic mass is 9.85. The summed E-state index contributed by atoms with van der Waals surface area (Å²) in [6.45, 7) is 4.17. The second-order valence-electron chi connectivity index (χ2n) is 4.76. The molecule has 1 aromatic rings. The second-order valence-corrected chi connectivity index (χ2v) is 4.76. The first-order valence-corrected chi connectivity index (χ1v) is 6.21. The van der Waals surface area contributed by atoms with Crippen molar-refractivity contribution in [2.24, 2.45) is 7.05 Å². The normalized spacial score (nSPS) is 22.2. The second kappa shape index (κ2) is 4.05. The van der Waals surface area contributed by atoms with Gasteiger partial charge < -0.3 is 10.2 Å². The molecule has 88 valence electrons. The summed E-state index contributed by atoms with van der Waals surface area (Å²) in [5, 5.41) is 7.91. The third kappa shape index (κ3) is 1.69. The molecule has 0 atom stereocenters. The van der Waals surface area contributed by atoms with Gasteiger partial charge in [0.25, 0.3) is 0 Å². The number of piperazine rings is 1. The molecule has 0 amide bonds. The molecular weight excluding hydrogens is 202 g/mol. The summed E-state index contributed by atoms with van der Waals surface area (Å²) < 4.78 is 1.94. The summed E-state index contributed by atoms with van der Waals surface area (Å²) in [6, 6.07) is 0. The molecule has 2 fully saturated rings. The van der Waals surface area contributed by atoms with Gasteiger partial charge in [-0.3, -0.25) is 0 Å². The van der Waals surface area contributed by atoms with Crippen molar-refractivity contribution in [3.05, 3.63) is 5.82 Å². The highest BCUT2D eigenvalue weighted by molar-refractivity contribution is 5.32. The molecule has 5 heteroatoms. The minimum Gasteiger partial charge on any atom is -0.338 e. The van der Waals surface area contributed by atoms with Crippen LogP contribution in [0, 0.1) is 0 Å². The number of anilines is 1. The predicted octanol–water partition coefficient (Wildman–Crippen LogP) is 0.492. The fourth-order valence-electron chi connectivity index (χ4n) is 2.38. The van der Waals surface area contributed by atoms with Gasteiger partial charge in [0.15, 0.2) is 5.82 Å². The zero-order valence-electron chi connectivity index (χ0n) is 9.82. The van der Waals surface area contributed by atoms with E-state index in [1.54, 1.807) is 0 Å². The van der Waals surface area contributed by atoms with Crippen molar-refractivity contribution in [1.82, 2.24) is 20.1 Å². The van der Waals surface area contributed by atoms with Crippen LogP contribution in [-0.2, 0) is 7.05 Å². The molecule has 1 aromatic heterocycles. The molecule has 5 nitrogen and oxygen atoms in total. The van der Waals surface area contributed by atoms with Crippen molar-refractivity contribution in [2.45, 2.75) is 25.2 Å². The van der Waals surface area contributed by atoms with Crippen LogP contribution in [0.1, 0.15) is 31.0 Å². The van der Waals surface area contributed by atoms with Crippen LogP contribution in [0.15, 0.2) is 0 Å². The fraction of sp³-hybridized carbons (Fsp3) is 0.818. The summed E-state index contributed by atoms with van der Waals surface area (Å²) in [5.41, 5.74) is 0. The molecule has 2 heterocycles. The van der Waals surface area contributed by atoms with Gasteiger partial charge in [-0.05, 0) is 12.8 Å². The molecule has 0 aromatic carbocycles. The van der Waals surface area contributed by atoms with Crippen LogP contribution in [0.4, 0.5) is 5.95 Å². The Labute approximate surface area is 95.8 Å². The van der Waals surface area contributed by atoms with Crippen molar-refractivity contribution in [3.8, 4) is 0 Å². The molecule has 1 N–H and O–H groups in total. The Morgan fingerprint density at radius 2 is 2.00 bits per heavy atom. The summed E-state index contributed by atoms with van der Waals surface area (Å²) in [5.74, 6) is 2.73. The van der Waals surface area contributed by atoms with Crippen molar-refractivity contribution in [1.29, 1.82) is 0 Å². The van der Waals surface area contributed by atoms with Gasteiger partial charge in [0.05, 0.1) is 0 Å². The zero-order valence-corrected chi connectivity index (χ0v) is 9.82. The van der Waals surface area contributed by atoms with E-state index < -0.39 is 0 Å². The van der Waals surface area contributed by atoms with Gasteiger partial charge in [0.2, 0.25) is 5.95 Å². The minimum absolute atomic E-state index is 0.628. The predicted molar refractivity (Wildman–Crippen MR) is 62.7 cm³/mol. The van der Waals surface area contributed by atoms with E-state index in [0.29, 0.717) is 5.92 Å². The van der Waals surface area contributed by atoms with E-state index in [-0.39, 0.29) is 0 Å². The molecule has 2 aliphatic rings. The Kier molecular flexibility index (Phi) is 2.55. The molecular formula is C11H19N5. The van der Waals surface area contributed by atoms with Crippen molar-refractivity contribution in [2.75, 3.05) is 31.1 Å². The molecule has 16 heavy (non-hydrogen) atoms. The molecule has 0 bridgehead atoms. The Hall–Kier alpha value is -1.10. The van der Waals surface area contributed by atoms with E-state index in [4.69, 9.17) is 4.98 Å². The van der Waals surface area contributed by atoms with Gasteiger partial charge in [0.1, 0.15) is 0 Å². The van der Waals surface area contributed by atoms with Crippen LogP contribution < -0.4 is 10.2 Å². The average molecular weight is 221 g/mol. The molecule has 1 saturated heterocycles. The minimum atomic E-state index is 0.628. The number of aryl methyl sites for hydroxylation is 1. The van der Waals surface area contributed by atoms with Crippen molar-refractivity contribution < 1.29 is 0 Å².